The molecule has 5 nitrogen and oxygen atoms in total. The molecule has 1 aliphatic heterocycles. The van der Waals surface area contributed by atoms with Crippen molar-refractivity contribution in [2.24, 2.45) is 0 Å². The van der Waals surface area contributed by atoms with Gasteiger partial charge in [-0.3, -0.25) is 4.79 Å². The summed E-state index contributed by atoms with van der Waals surface area (Å²) < 4.78 is 28.1. The smallest absolute Gasteiger partial charge is 0.379 e. The van der Waals surface area contributed by atoms with Crippen molar-refractivity contribution >= 4 is 11.8 Å². The first-order valence-corrected chi connectivity index (χ1v) is 5.38. The van der Waals surface area contributed by atoms with E-state index in [1.54, 1.807) is 6.92 Å². The van der Waals surface area contributed by atoms with E-state index in [1.807, 2.05) is 0 Å². The highest BCUT2D eigenvalue weighted by Crippen LogP contribution is 2.29. The van der Waals surface area contributed by atoms with Gasteiger partial charge in [0.1, 0.15) is 11.6 Å². The number of carbonyl (C=O) groups is 2. The van der Waals surface area contributed by atoms with Crippen LogP contribution in [0.15, 0.2) is 12.1 Å². The van der Waals surface area contributed by atoms with Crippen molar-refractivity contribution in [3.05, 3.63) is 29.1 Å². The summed E-state index contributed by atoms with van der Waals surface area (Å²) in [6.45, 7) is 1.75. The number of halogens is 1. The van der Waals surface area contributed by atoms with E-state index < -0.39 is 17.6 Å². The van der Waals surface area contributed by atoms with Crippen molar-refractivity contribution in [1.29, 1.82) is 0 Å². The van der Waals surface area contributed by atoms with Crippen LogP contribution in [0.1, 0.15) is 22.8 Å². The van der Waals surface area contributed by atoms with E-state index in [0.717, 1.165) is 6.07 Å². The van der Waals surface area contributed by atoms with E-state index >= 15 is 0 Å². The van der Waals surface area contributed by atoms with Crippen LogP contribution in [0.5, 0.6) is 5.75 Å². The number of ether oxygens (including phenoxy) is 3. The highest BCUT2D eigenvalue weighted by molar-refractivity contribution is 6.41. The quantitative estimate of drug-likeness (QED) is 0.464. The van der Waals surface area contributed by atoms with Gasteiger partial charge in [-0.15, -0.1) is 0 Å². The number of rotatable bonds is 3. The Bertz CT molecular complexity index is 497. The molecule has 0 bridgehead atoms. The van der Waals surface area contributed by atoms with E-state index in [0.29, 0.717) is 5.56 Å². The average Bonchev–Trinajstić information content (AvgIpc) is 2.37. The zero-order valence-electron chi connectivity index (χ0n) is 9.70. The largest absolute Gasteiger partial charge is 0.466 e. The lowest BCUT2D eigenvalue weighted by atomic mass is 10.0. The Labute approximate surface area is 102 Å². The minimum atomic E-state index is -1.03. The Kier molecular flexibility index (Phi) is 3.57. The number of fused-ring (bicyclic) bond motifs is 1. The first kappa shape index (κ1) is 12.5. The molecular weight excluding hydrogens is 243 g/mol. The number of ketones is 1. The maximum Gasteiger partial charge on any atom is 0.379 e. The molecule has 0 radical (unpaired) electrons. The second kappa shape index (κ2) is 5.14. The van der Waals surface area contributed by atoms with Gasteiger partial charge < -0.3 is 14.2 Å². The Morgan fingerprint density at radius 3 is 2.94 bits per heavy atom. The van der Waals surface area contributed by atoms with Gasteiger partial charge in [0.25, 0.3) is 5.78 Å². The normalized spacial score (nSPS) is 13.4. The number of hydrogen-bond donors (Lipinski definition) is 0. The van der Waals surface area contributed by atoms with Crippen LogP contribution >= 0.6 is 0 Å². The van der Waals surface area contributed by atoms with Crippen molar-refractivity contribution < 1.29 is 28.2 Å². The fourth-order valence-electron chi connectivity index (χ4n) is 1.66. The predicted molar refractivity (Wildman–Crippen MR) is 57.6 cm³/mol. The van der Waals surface area contributed by atoms with E-state index in [4.69, 9.17) is 9.47 Å². The van der Waals surface area contributed by atoms with Crippen LogP contribution in [-0.4, -0.2) is 25.2 Å². The van der Waals surface area contributed by atoms with Crippen molar-refractivity contribution in [3.8, 4) is 5.75 Å². The number of Topliss-reactive ketones (excluding diaryl/α,β-unsaturated/α-hetero) is 1. The zero-order chi connectivity index (χ0) is 13.1. The summed E-state index contributed by atoms with van der Waals surface area (Å²) in [7, 11) is 0. The monoisotopic (exact) mass is 254 g/mol. The summed E-state index contributed by atoms with van der Waals surface area (Å²) in [5, 5.41) is 0. The standard InChI is InChI=1S/C12H11FO5/c1-2-17-12(15)10(14)9-4-8(13)3-7-5-16-6-18-11(7)9/h3-4H,2,5-6H2,1H3. The number of carbonyl (C=O) groups excluding carboxylic acids is 2. The molecule has 96 valence electrons. The van der Waals surface area contributed by atoms with Crippen LogP contribution in [0, 0.1) is 5.82 Å². The molecule has 0 N–H and O–H groups in total. The molecule has 0 aromatic heterocycles. The van der Waals surface area contributed by atoms with Gasteiger partial charge in [-0.2, -0.15) is 0 Å². The Hall–Kier alpha value is -1.95. The summed E-state index contributed by atoms with van der Waals surface area (Å²) in [6.07, 6.45) is 0. The zero-order valence-corrected chi connectivity index (χ0v) is 9.70. The fraction of sp³-hybridized carbons (Fsp3) is 0.333. The fourth-order valence-corrected chi connectivity index (χ4v) is 1.66. The van der Waals surface area contributed by atoms with Gasteiger partial charge in [-0.25, -0.2) is 9.18 Å². The summed E-state index contributed by atoms with van der Waals surface area (Å²) in [4.78, 5) is 23.2. The van der Waals surface area contributed by atoms with Crippen LogP contribution in [0.3, 0.4) is 0 Å². The lowest BCUT2D eigenvalue weighted by molar-refractivity contribution is -0.137. The minimum absolute atomic E-state index is 0.0399. The summed E-state index contributed by atoms with van der Waals surface area (Å²) >= 11 is 0. The molecule has 0 aliphatic carbocycles. The molecule has 0 spiro atoms. The maximum atomic E-state index is 13.3. The van der Waals surface area contributed by atoms with Crippen molar-refractivity contribution in [2.75, 3.05) is 13.4 Å². The molecule has 1 aromatic carbocycles. The Morgan fingerprint density at radius 2 is 2.22 bits per heavy atom. The molecule has 0 atom stereocenters. The highest BCUT2D eigenvalue weighted by Gasteiger charge is 2.26. The lowest BCUT2D eigenvalue weighted by Gasteiger charge is -2.19. The van der Waals surface area contributed by atoms with Gasteiger partial charge in [0, 0.05) is 5.56 Å². The van der Waals surface area contributed by atoms with Crippen molar-refractivity contribution in [2.45, 2.75) is 13.5 Å². The van der Waals surface area contributed by atoms with Crippen LogP contribution in [0.2, 0.25) is 0 Å². The molecule has 1 aromatic rings. The van der Waals surface area contributed by atoms with E-state index in [1.165, 1.54) is 6.07 Å². The Balaban J connectivity index is 2.40. The molecule has 0 fully saturated rings. The average molecular weight is 254 g/mol. The third-order valence-electron chi connectivity index (χ3n) is 2.38. The van der Waals surface area contributed by atoms with Gasteiger partial charge in [0.2, 0.25) is 0 Å². The van der Waals surface area contributed by atoms with Gasteiger partial charge in [0.15, 0.2) is 6.79 Å². The molecule has 6 heteroatoms. The van der Waals surface area contributed by atoms with E-state index in [9.17, 15) is 14.0 Å². The van der Waals surface area contributed by atoms with E-state index in [-0.39, 0.29) is 31.3 Å². The molecule has 1 heterocycles. The molecule has 2 rings (SSSR count). The van der Waals surface area contributed by atoms with Gasteiger partial charge in [-0.1, -0.05) is 0 Å². The second-order valence-corrected chi connectivity index (χ2v) is 3.60. The number of hydrogen-bond acceptors (Lipinski definition) is 5. The van der Waals surface area contributed by atoms with Gasteiger partial charge >= 0.3 is 5.97 Å². The van der Waals surface area contributed by atoms with Crippen LogP contribution in [0.4, 0.5) is 4.39 Å². The predicted octanol–water partition coefficient (Wildman–Crippen LogP) is 1.44. The first-order valence-electron chi connectivity index (χ1n) is 5.38. The van der Waals surface area contributed by atoms with Crippen LogP contribution < -0.4 is 4.74 Å². The van der Waals surface area contributed by atoms with E-state index in [2.05, 4.69) is 4.74 Å². The third-order valence-corrected chi connectivity index (χ3v) is 2.38. The SMILES string of the molecule is CCOC(=O)C(=O)c1cc(F)cc2c1OCOC2. The minimum Gasteiger partial charge on any atom is -0.466 e. The van der Waals surface area contributed by atoms with Crippen LogP contribution in [0.25, 0.3) is 0 Å². The molecule has 1 aliphatic rings. The van der Waals surface area contributed by atoms with Crippen molar-refractivity contribution in [3.63, 3.8) is 0 Å². The van der Waals surface area contributed by atoms with Crippen LogP contribution in [-0.2, 0) is 20.9 Å². The molecule has 0 unspecified atom stereocenters. The molecule has 0 amide bonds. The molecule has 18 heavy (non-hydrogen) atoms. The molecule has 0 saturated carbocycles. The molecular formula is C12H11FO5. The van der Waals surface area contributed by atoms with Gasteiger partial charge in [-0.05, 0) is 19.1 Å². The Morgan fingerprint density at radius 1 is 1.44 bits per heavy atom. The summed E-state index contributed by atoms with van der Waals surface area (Å²) in [5.41, 5.74) is 0.264. The summed E-state index contributed by atoms with van der Waals surface area (Å²) in [6, 6.07) is 2.17. The van der Waals surface area contributed by atoms with Gasteiger partial charge in [0.05, 0.1) is 18.8 Å². The highest BCUT2D eigenvalue weighted by atomic mass is 19.1. The lowest BCUT2D eigenvalue weighted by Crippen LogP contribution is -2.21. The first-order chi connectivity index (χ1) is 8.63. The third kappa shape index (κ3) is 2.33. The second-order valence-electron chi connectivity index (χ2n) is 3.60. The van der Waals surface area contributed by atoms with Crippen molar-refractivity contribution in [1.82, 2.24) is 0 Å². The number of benzene rings is 1. The summed E-state index contributed by atoms with van der Waals surface area (Å²) in [5.74, 6) is -2.40. The molecule has 0 saturated heterocycles. The number of esters is 1. The maximum absolute atomic E-state index is 13.3. The topological polar surface area (TPSA) is 61.8 Å².